The van der Waals surface area contributed by atoms with Gasteiger partial charge in [-0.15, -0.1) is 0 Å². The van der Waals surface area contributed by atoms with Crippen molar-refractivity contribution >= 4 is 11.6 Å². The van der Waals surface area contributed by atoms with Crippen LogP contribution in [-0.2, 0) is 6.54 Å². The van der Waals surface area contributed by atoms with Crippen LogP contribution in [0.2, 0.25) is 0 Å². The number of hydrogen-bond donors (Lipinski definition) is 2. The minimum absolute atomic E-state index is 0.220. The maximum absolute atomic E-state index is 12.8. The second-order valence-electron chi connectivity index (χ2n) is 5.58. The molecule has 6 nitrogen and oxygen atoms in total. The molecule has 0 aliphatic carbocycles. The molecule has 0 aliphatic heterocycles. The Hall–Kier alpha value is -3.41. The summed E-state index contributed by atoms with van der Waals surface area (Å²) >= 11 is 0. The number of aromatic nitrogens is 2. The molecule has 0 saturated heterocycles. The van der Waals surface area contributed by atoms with E-state index < -0.39 is 11.5 Å². The van der Waals surface area contributed by atoms with Crippen molar-refractivity contribution in [2.24, 2.45) is 0 Å². The van der Waals surface area contributed by atoms with E-state index >= 15 is 0 Å². The van der Waals surface area contributed by atoms with Gasteiger partial charge in [0.25, 0.3) is 11.5 Å². The molecule has 0 bridgehead atoms. The van der Waals surface area contributed by atoms with Crippen LogP contribution in [-0.4, -0.2) is 20.6 Å². The molecule has 0 spiro atoms. The predicted molar refractivity (Wildman–Crippen MR) is 94.8 cm³/mol. The number of para-hydroxylation sites is 1. The summed E-state index contributed by atoms with van der Waals surface area (Å²) in [6.07, 6.45) is 1.64. The lowest BCUT2D eigenvalue weighted by atomic mass is 10.2. The highest BCUT2D eigenvalue weighted by Crippen LogP contribution is 2.17. The van der Waals surface area contributed by atoms with Crippen molar-refractivity contribution in [3.05, 3.63) is 88.1 Å². The van der Waals surface area contributed by atoms with E-state index in [0.29, 0.717) is 17.1 Å². The molecule has 3 aromatic rings. The maximum Gasteiger partial charge on any atom is 0.267 e. The summed E-state index contributed by atoms with van der Waals surface area (Å²) in [5, 5.41) is 12.7. The minimum atomic E-state index is -0.650. The standard InChI is InChI=1S/C19H17N3O3/c1-13-11-16(23)17(18(24)21-14-7-3-2-4-8-14)19(25)22(13)12-15-9-5-6-10-20-15/h2-11,23H,12H2,1H3,(H,21,24). The number of hydrogen-bond acceptors (Lipinski definition) is 4. The lowest BCUT2D eigenvalue weighted by molar-refractivity contribution is 0.102. The van der Waals surface area contributed by atoms with Crippen molar-refractivity contribution in [1.29, 1.82) is 0 Å². The van der Waals surface area contributed by atoms with E-state index in [9.17, 15) is 14.7 Å². The molecule has 0 radical (unpaired) electrons. The number of nitrogens with zero attached hydrogens (tertiary/aromatic N) is 2. The highest BCUT2D eigenvalue weighted by Gasteiger charge is 2.20. The molecule has 1 amide bonds. The first-order valence-electron chi connectivity index (χ1n) is 7.76. The topological polar surface area (TPSA) is 84.2 Å². The number of pyridine rings is 2. The van der Waals surface area contributed by atoms with Gasteiger partial charge < -0.3 is 15.0 Å². The Morgan fingerprint density at radius 2 is 1.88 bits per heavy atom. The summed E-state index contributed by atoms with van der Waals surface area (Å²) < 4.78 is 1.42. The fraction of sp³-hybridized carbons (Fsp3) is 0.105. The number of amides is 1. The van der Waals surface area contributed by atoms with Crippen LogP contribution < -0.4 is 10.9 Å². The van der Waals surface area contributed by atoms with Gasteiger partial charge in [-0.1, -0.05) is 24.3 Å². The summed E-state index contributed by atoms with van der Waals surface area (Å²) in [4.78, 5) is 29.4. The minimum Gasteiger partial charge on any atom is -0.507 e. The van der Waals surface area contributed by atoms with Crippen LogP contribution in [0.1, 0.15) is 21.7 Å². The molecule has 2 aromatic heterocycles. The van der Waals surface area contributed by atoms with Gasteiger partial charge in [-0.3, -0.25) is 14.6 Å². The third-order valence-electron chi connectivity index (χ3n) is 3.79. The maximum atomic E-state index is 12.8. The van der Waals surface area contributed by atoms with Gasteiger partial charge in [0.05, 0.1) is 12.2 Å². The van der Waals surface area contributed by atoms with Gasteiger partial charge in [-0.25, -0.2) is 0 Å². The molecule has 6 heteroatoms. The van der Waals surface area contributed by atoms with Crippen molar-refractivity contribution in [2.75, 3.05) is 5.32 Å². The number of nitrogens with one attached hydrogen (secondary N) is 1. The normalized spacial score (nSPS) is 10.4. The van der Waals surface area contributed by atoms with E-state index in [2.05, 4.69) is 10.3 Å². The zero-order valence-electron chi connectivity index (χ0n) is 13.6. The molecular weight excluding hydrogens is 318 g/mol. The summed E-state index contributed by atoms with van der Waals surface area (Å²) in [5.74, 6) is -0.989. The quantitative estimate of drug-likeness (QED) is 0.767. The third-order valence-corrected chi connectivity index (χ3v) is 3.79. The summed E-state index contributed by atoms with van der Waals surface area (Å²) in [5.41, 5.74) is 0.933. The zero-order valence-corrected chi connectivity index (χ0v) is 13.6. The van der Waals surface area contributed by atoms with E-state index in [1.807, 2.05) is 12.1 Å². The van der Waals surface area contributed by atoms with Crippen LogP contribution in [0.15, 0.2) is 65.6 Å². The molecule has 0 unspecified atom stereocenters. The highest BCUT2D eigenvalue weighted by atomic mass is 16.3. The molecule has 0 saturated carbocycles. The van der Waals surface area contributed by atoms with Crippen molar-refractivity contribution in [3.63, 3.8) is 0 Å². The van der Waals surface area contributed by atoms with Crippen LogP contribution in [0.3, 0.4) is 0 Å². The molecule has 126 valence electrons. The zero-order chi connectivity index (χ0) is 17.8. The Morgan fingerprint density at radius 1 is 1.16 bits per heavy atom. The van der Waals surface area contributed by atoms with Crippen LogP contribution in [0.25, 0.3) is 0 Å². The van der Waals surface area contributed by atoms with Crippen molar-refractivity contribution in [2.45, 2.75) is 13.5 Å². The number of aromatic hydroxyl groups is 1. The van der Waals surface area contributed by atoms with Gasteiger partial charge in [0.15, 0.2) is 0 Å². The van der Waals surface area contributed by atoms with E-state index in [4.69, 9.17) is 0 Å². The van der Waals surface area contributed by atoms with Crippen molar-refractivity contribution < 1.29 is 9.90 Å². The van der Waals surface area contributed by atoms with Crippen molar-refractivity contribution in [1.82, 2.24) is 9.55 Å². The Kier molecular flexibility index (Phi) is 4.61. The Morgan fingerprint density at radius 3 is 2.56 bits per heavy atom. The molecule has 2 heterocycles. The average Bonchev–Trinajstić information content (AvgIpc) is 2.60. The fourth-order valence-corrected chi connectivity index (χ4v) is 2.53. The molecule has 0 aliphatic rings. The molecule has 0 atom stereocenters. The third kappa shape index (κ3) is 3.58. The van der Waals surface area contributed by atoms with Crippen LogP contribution in [0.5, 0.6) is 5.75 Å². The van der Waals surface area contributed by atoms with E-state index in [-0.39, 0.29) is 17.9 Å². The second kappa shape index (κ2) is 7.00. The van der Waals surface area contributed by atoms with Crippen LogP contribution >= 0.6 is 0 Å². The van der Waals surface area contributed by atoms with E-state index in [0.717, 1.165) is 0 Å². The SMILES string of the molecule is Cc1cc(O)c(C(=O)Nc2ccccc2)c(=O)n1Cc1ccccn1. The summed E-state index contributed by atoms with van der Waals surface area (Å²) in [6, 6.07) is 15.6. The lowest BCUT2D eigenvalue weighted by Gasteiger charge is -2.13. The van der Waals surface area contributed by atoms with Gasteiger partial charge in [-0.2, -0.15) is 0 Å². The van der Waals surface area contributed by atoms with Gasteiger partial charge in [0, 0.05) is 23.6 Å². The average molecular weight is 335 g/mol. The number of carbonyl (C=O) groups is 1. The molecule has 1 aromatic carbocycles. The largest absolute Gasteiger partial charge is 0.507 e. The molecule has 0 fully saturated rings. The molecule has 3 rings (SSSR count). The summed E-state index contributed by atoms with van der Waals surface area (Å²) in [6.45, 7) is 1.92. The van der Waals surface area contributed by atoms with Gasteiger partial charge in [0.1, 0.15) is 11.3 Å². The van der Waals surface area contributed by atoms with Gasteiger partial charge >= 0.3 is 0 Å². The lowest BCUT2D eigenvalue weighted by Crippen LogP contribution is -2.31. The first kappa shape index (κ1) is 16.4. The Balaban J connectivity index is 1.98. The number of benzene rings is 1. The van der Waals surface area contributed by atoms with Gasteiger partial charge in [-0.05, 0) is 31.2 Å². The Bertz CT molecular complexity index is 951. The first-order valence-corrected chi connectivity index (χ1v) is 7.76. The van der Waals surface area contributed by atoms with E-state index in [1.165, 1.54) is 10.6 Å². The molecular formula is C19H17N3O3. The first-order chi connectivity index (χ1) is 12.1. The molecule has 2 N–H and O–H groups in total. The van der Waals surface area contributed by atoms with Crippen molar-refractivity contribution in [3.8, 4) is 5.75 Å². The van der Waals surface area contributed by atoms with Crippen LogP contribution in [0.4, 0.5) is 5.69 Å². The number of rotatable bonds is 4. The number of anilines is 1. The monoisotopic (exact) mass is 335 g/mol. The number of carbonyl (C=O) groups excluding carboxylic acids is 1. The smallest absolute Gasteiger partial charge is 0.267 e. The second-order valence-corrected chi connectivity index (χ2v) is 5.58. The van der Waals surface area contributed by atoms with Crippen LogP contribution in [0, 0.1) is 6.92 Å². The molecule has 25 heavy (non-hydrogen) atoms. The summed E-state index contributed by atoms with van der Waals surface area (Å²) in [7, 11) is 0. The van der Waals surface area contributed by atoms with Gasteiger partial charge in [0.2, 0.25) is 0 Å². The highest BCUT2D eigenvalue weighted by molar-refractivity contribution is 6.05. The Labute approximate surface area is 144 Å². The fourth-order valence-electron chi connectivity index (χ4n) is 2.53. The van der Waals surface area contributed by atoms with E-state index in [1.54, 1.807) is 49.5 Å². The predicted octanol–water partition coefficient (Wildman–Crippen LogP) is 2.56. The number of aryl methyl sites for hydroxylation is 1.